The summed E-state index contributed by atoms with van der Waals surface area (Å²) in [5.41, 5.74) is 8.04. The third-order valence-corrected chi connectivity index (χ3v) is 4.51. The molecular formula is C20H18ClFN4O2. The zero-order valence-corrected chi connectivity index (χ0v) is 15.8. The quantitative estimate of drug-likeness (QED) is 0.665. The van der Waals surface area contributed by atoms with Gasteiger partial charge in [0.25, 0.3) is 5.91 Å². The van der Waals surface area contributed by atoms with E-state index >= 15 is 0 Å². The van der Waals surface area contributed by atoms with Gasteiger partial charge >= 0.3 is 0 Å². The smallest absolute Gasteiger partial charge is 0.260 e. The van der Waals surface area contributed by atoms with E-state index in [9.17, 15) is 14.0 Å². The van der Waals surface area contributed by atoms with Gasteiger partial charge in [0.05, 0.1) is 24.2 Å². The maximum atomic E-state index is 13.0. The number of nitrogens with two attached hydrogens (primary N) is 1. The Balaban J connectivity index is 1.75. The molecule has 3 aromatic rings. The predicted octanol–water partition coefficient (Wildman–Crippen LogP) is 3.31. The molecule has 2 amide bonds. The van der Waals surface area contributed by atoms with Gasteiger partial charge in [0.1, 0.15) is 11.0 Å². The minimum Gasteiger partial charge on any atom is -0.369 e. The van der Waals surface area contributed by atoms with Gasteiger partial charge in [-0.15, -0.1) is 0 Å². The van der Waals surface area contributed by atoms with Crippen LogP contribution < -0.4 is 11.1 Å². The summed E-state index contributed by atoms with van der Waals surface area (Å²) >= 11 is 6.37. The number of aryl methyl sites for hydroxylation is 1. The van der Waals surface area contributed by atoms with Crippen LogP contribution in [0.4, 0.5) is 10.1 Å². The van der Waals surface area contributed by atoms with E-state index < -0.39 is 11.8 Å². The molecular weight excluding hydrogens is 383 g/mol. The van der Waals surface area contributed by atoms with Crippen LogP contribution in [0.15, 0.2) is 48.5 Å². The second-order valence-corrected chi connectivity index (χ2v) is 6.69. The van der Waals surface area contributed by atoms with Gasteiger partial charge in [-0.3, -0.25) is 9.59 Å². The van der Waals surface area contributed by atoms with Crippen molar-refractivity contribution in [2.24, 2.45) is 5.73 Å². The number of primary amides is 1. The number of amides is 2. The van der Waals surface area contributed by atoms with Gasteiger partial charge in [-0.25, -0.2) is 9.07 Å². The molecule has 3 N–H and O–H groups in total. The van der Waals surface area contributed by atoms with Crippen LogP contribution in [-0.4, -0.2) is 21.6 Å². The molecule has 1 heterocycles. The average Bonchev–Trinajstić information content (AvgIpc) is 2.91. The number of hydrogen-bond acceptors (Lipinski definition) is 3. The highest BCUT2D eigenvalue weighted by Crippen LogP contribution is 2.22. The molecule has 1 aromatic heterocycles. The second-order valence-electron chi connectivity index (χ2n) is 6.33. The molecule has 0 fully saturated rings. The molecule has 28 heavy (non-hydrogen) atoms. The number of carbonyl (C=O) groups is 2. The van der Waals surface area contributed by atoms with Gasteiger partial charge in [-0.2, -0.15) is 5.10 Å². The molecule has 0 aliphatic rings. The predicted molar refractivity (Wildman–Crippen MR) is 105 cm³/mol. The summed E-state index contributed by atoms with van der Waals surface area (Å²) in [6.45, 7) is 2.01. The number of halogens is 2. The first kappa shape index (κ1) is 19.6. The van der Waals surface area contributed by atoms with Crippen molar-refractivity contribution in [2.75, 3.05) is 5.32 Å². The van der Waals surface area contributed by atoms with Crippen LogP contribution in [0.1, 0.15) is 27.2 Å². The van der Waals surface area contributed by atoms with Gasteiger partial charge in [-0.05, 0) is 42.3 Å². The third-order valence-electron chi connectivity index (χ3n) is 4.13. The Kier molecular flexibility index (Phi) is 5.75. The molecule has 0 radical (unpaired) electrons. The number of nitrogens with one attached hydrogen (secondary N) is 1. The largest absolute Gasteiger partial charge is 0.369 e. The molecule has 0 saturated heterocycles. The Bertz CT molecular complexity index is 1010. The van der Waals surface area contributed by atoms with E-state index in [1.165, 1.54) is 16.8 Å². The lowest BCUT2D eigenvalue weighted by Crippen LogP contribution is -2.14. The van der Waals surface area contributed by atoms with E-state index in [-0.39, 0.29) is 23.0 Å². The first-order valence-corrected chi connectivity index (χ1v) is 8.87. The molecule has 144 valence electrons. The Morgan fingerprint density at radius 3 is 2.32 bits per heavy atom. The van der Waals surface area contributed by atoms with E-state index in [2.05, 4.69) is 10.4 Å². The third kappa shape index (κ3) is 4.55. The van der Waals surface area contributed by atoms with Crippen LogP contribution in [0.25, 0.3) is 0 Å². The maximum Gasteiger partial charge on any atom is 0.260 e. The molecule has 3 rings (SSSR count). The van der Waals surface area contributed by atoms with E-state index in [1.807, 2.05) is 0 Å². The number of anilines is 1. The van der Waals surface area contributed by atoms with E-state index in [0.29, 0.717) is 17.9 Å². The molecule has 8 heteroatoms. The van der Waals surface area contributed by atoms with Crippen LogP contribution in [0.2, 0.25) is 5.15 Å². The van der Waals surface area contributed by atoms with Gasteiger partial charge in [0.15, 0.2) is 0 Å². The fourth-order valence-electron chi connectivity index (χ4n) is 2.78. The minimum atomic E-state index is -0.423. The van der Waals surface area contributed by atoms with Crippen molar-refractivity contribution in [3.05, 3.63) is 81.9 Å². The van der Waals surface area contributed by atoms with Crippen molar-refractivity contribution in [2.45, 2.75) is 19.9 Å². The highest BCUT2D eigenvalue weighted by molar-refractivity contribution is 6.33. The maximum absolute atomic E-state index is 13.0. The molecule has 0 aliphatic heterocycles. The van der Waals surface area contributed by atoms with Gasteiger partial charge < -0.3 is 11.1 Å². The molecule has 0 spiro atoms. The number of carbonyl (C=O) groups excluding carboxylic acids is 2. The summed E-state index contributed by atoms with van der Waals surface area (Å²) in [4.78, 5) is 23.6. The number of benzene rings is 2. The Hall–Kier alpha value is -3.19. The summed E-state index contributed by atoms with van der Waals surface area (Å²) in [7, 11) is 0. The molecule has 0 saturated carbocycles. The fraction of sp³-hybridized carbons (Fsp3) is 0.150. The molecule has 0 unspecified atom stereocenters. The first-order valence-electron chi connectivity index (χ1n) is 8.49. The van der Waals surface area contributed by atoms with Crippen LogP contribution in [0.3, 0.4) is 0 Å². The molecule has 0 atom stereocenters. The molecule has 0 aliphatic carbocycles. The summed E-state index contributed by atoms with van der Waals surface area (Å²) < 4.78 is 14.5. The second kappa shape index (κ2) is 8.22. The number of nitrogens with zero attached hydrogens (tertiary/aromatic N) is 2. The molecule has 6 nitrogen and oxygen atoms in total. The minimum absolute atomic E-state index is 0.134. The molecule has 2 aromatic carbocycles. The highest BCUT2D eigenvalue weighted by Gasteiger charge is 2.20. The van der Waals surface area contributed by atoms with Crippen molar-refractivity contribution in [1.29, 1.82) is 0 Å². The lowest BCUT2D eigenvalue weighted by molar-refractivity contribution is -0.117. The van der Waals surface area contributed by atoms with Crippen molar-refractivity contribution in [1.82, 2.24) is 9.78 Å². The zero-order valence-electron chi connectivity index (χ0n) is 15.1. The topological polar surface area (TPSA) is 90.0 Å². The fourth-order valence-corrected chi connectivity index (χ4v) is 3.10. The highest BCUT2D eigenvalue weighted by atomic mass is 35.5. The lowest BCUT2D eigenvalue weighted by Gasteiger charge is -2.07. The lowest BCUT2D eigenvalue weighted by atomic mass is 10.1. The Labute approximate surface area is 166 Å². The molecule has 0 bridgehead atoms. The average molecular weight is 401 g/mol. The number of rotatable bonds is 6. The van der Waals surface area contributed by atoms with Crippen molar-refractivity contribution in [3.8, 4) is 0 Å². The SMILES string of the molecule is Cc1nn(Cc2ccc(F)cc2)c(Cl)c1C(=O)Nc1ccc(CC(N)=O)cc1. The van der Waals surface area contributed by atoms with Crippen LogP contribution >= 0.6 is 11.6 Å². The first-order chi connectivity index (χ1) is 13.3. The zero-order chi connectivity index (χ0) is 20.3. The normalized spacial score (nSPS) is 10.7. The number of hydrogen-bond donors (Lipinski definition) is 2. The van der Waals surface area contributed by atoms with Gasteiger partial charge in [-0.1, -0.05) is 35.9 Å². The summed E-state index contributed by atoms with van der Waals surface area (Å²) in [5, 5.41) is 7.28. The number of aromatic nitrogens is 2. The van der Waals surface area contributed by atoms with Crippen molar-refractivity contribution >= 4 is 29.1 Å². The van der Waals surface area contributed by atoms with E-state index in [0.717, 1.165) is 11.1 Å². The Morgan fingerprint density at radius 1 is 1.11 bits per heavy atom. The van der Waals surface area contributed by atoms with E-state index in [4.69, 9.17) is 17.3 Å². The van der Waals surface area contributed by atoms with Crippen molar-refractivity contribution in [3.63, 3.8) is 0 Å². The van der Waals surface area contributed by atoms with E-state index in [1.54, 1.807) is 43.3 Å². The summed E-state index contributed by atoms with van der Waals surface area (Å²) in [5.74, 6) is -1.14. The standard InChI is InChI=1S/C20H18ClFN4O2/c1-12-18(19(21)26(25-12)11-14-2-6-15(22)7-3-14)20(28)24-16-8-4-13(5-9-16)10-17(23)27/h2-9H,10-11H2,1H3,(H2,23,27)(H,24,28). The van der Waals surface area contributed by atoms with Crippen LogP contribution in [0, 0.1) is 12.7 Å². The Morgan fingerprint density at radius 2 is 1.71 bits per heavy atom. The van der Waals surface area contributed by atoms with Gasteiger partial charge in [0, 0.05) is 5.69 Å². The summed E-state index contributed by atoms with van der Waals surface area (Å²) in [6.07, 6.45) is 0.134. The van der Waals surface area contributed by atoms with Crippen LogP contribution in [0.5, 0.6) is 0 Å². The van der Waals surface area contributed by atoms with Gasteiger partial charge in [0.2, 0.25) is 5.91 Å². The van der Waals surface area contributed by atoms with Crippen molar-refractivity contribution < 1.29 is 14.0 Å². The monoisotopic (exact) mass is 400 g/mol. The summed E-state index contributed by atoms with van der Waals surface area (Å²) in [6, 6.07) is 12.8. The van der Waals surface area contributed by atoms with Crippen LogP contribution in [-0.2, 0) is 17.8 Å².